The molecule has 0 N–H and O–H groups in total. The maximum atomic E-state index is 13.7. The molecule has 1 atom stereocenters. The second-order valence-corrected chi connectivity index (χ2v) is 11.7. The van der Waals surface area contributed by atoms with Gasteiger partial charge >= 0.3 is 5.97 Å². The van der Waals surface area contributed by atoms with E-state index in [0.717, 1.165) is 28.1 Å². The van der Waals surface area contributed by atoms with Gasteiger partial charge in [-0.1, -0.05) is 23.7 Å². The van der Waals surface area contributed by atoms with E-state index in [9.17, 15) is 9.59 Å². The summed E-state index contributed by atoms with van der Waals surface area (Å²) in [5, 5.41) is 0.619. The Morgan fingerprint density at radius 1 is 1.05 bits per heavy atom. The average molecular weight is 565 g/mol. The van der Waals surface area contributed by atoms with Crippen LogP contribution in [0.5, 0.6) is 11.5 Å². The molecule has 1 aliphatic heterocycles. The van der Waals surface area contributed by atoms with Crippen LogP contribution in [0.15, 0.2) is 60.7 Å². The summed E-state index contributed by atoms with van der Waals surface area (Å²) in [6, 6.07) is 18.6. The third-order valence-corrected chi connectivity index (χ3v) is 6.74. The van der Waals surface area contributed by atoms with E-state index in [1.807, 2.05) is 112 Å². The van der Waals surface area contributed by atoms with Crippen molar-refractivity contribution in [3.8, 4) is 11.5 Å². The van der Waals surface area contributed by atoms with Crippen molar-refractivity contribution in [2.45, 2.75) is 58.8 Å². The van der Waals surface area contributed by atoms with Gasteiger partial charge in [-0.3, -0.25) is 9.59 Å². The molecule has 0 bridgehead atoms. The third-order valence-electron chi connectivity index (χ3n) is 6.49. The number of hydrogen-bond acceptors (Lipinski definition) is 6. The molecule has 0 radical (unpaired) electrons. The zero-order valence-corrected chi connectivity index (χ0v) is 24.9. The molecule has 0 aromatic heterocycles. The summed E-state index contributed by atoms with van der Waals surface area (Å²) >= 11 is 6.22. The summed E-state index contributed by atoms with van der Waals surface area (Å²) in [4.78, 5) is 29.7. The lowest BCUT2D eigenvalue weighted by Gasteiger charge is -2.38. The summed E-state index contributed by atoms with van der Waals surface area (Å²) in [5.74, 6) is 0.881. The fourth-order valence-electron chi connectivity index (χ4n) is 4.86. The van der Waals surface area contributed by atoms with E-state index < -0.39 is 11.6 Å². The molecule has 212 valence electrons. The molecule has 3 aromatic rings. The summed E-state index contributed by atoms with van der Waals surface area (Å²) in [6.07, 6.45) is 0.172. The third kappa shape index (κ3) is 6.70. The monoisotopic (exact) mass is 564 g/mol. The van der Waals surface area contributed by atoms with E-state index in [-0.39, 0.29) is 30.9 Å². The van der Waals surface area contributed by atoms with Crippen LogP contribution in [0.2, 0.25) is 5.02 Å². The normalized spacial score (nSPS) is 15.1. The van der Waals surface area contributed by atoms with E-state index in [2.05, 4.69) is 0 Å². The van der Waals surface area contributed by atoms with Gasteiger partial charge in [-0.15, -0.1) is 0 Å². The zero-order valence-electron chi connectivity index (χ0n) is 24.2. The number of benzene rings is 3. The quantitative estimate of drug-likeness (QED) is 0.287. The minimum atomic E-state index is -0.548. The second kappa shape index (κ2) is 11.8. The van der Waals surface area contributed by atoms with Crippen LogP contribution >= 0.6 is 11.6 Å². The fourth-order valence-corrected chi connectivity index (χ4v) is 4.98. The summed E-state index contributed by atoms with van der Waals surface area (Å²) in [7, 11) is 3.44. The van der Waals surface area contributed by atoms with Crippen LogP contribution in [0.1, 0.15) is 57.4 Å². The van der Waals surface area contributed by atoms with Crippen molar-refractivity contribution in [3.63, 3.8) is 0 Å². The molecule has 40 heavy (non-hydrogen) atoms. The number of fused-ring (bicyclic) bond motifs is 1. The molecule has 0 saturated carbocycles. The molecule has 0 fully saturated rings. The molecule has 0 spiro atoms. The molecule has 0 unspecified atom stereocenters. The van der Waals surface area contributed by atoms with E-state index in [0.29, 0.717) is 16.5 Å². The Morgan fingerprint density at radius 2 is 1.70 bits per heavy atom. The van der Waals surface area contributed by atoms with Gasteiger partial charge in [0.05, 0.1) is 25.7 Å². The lowest BCUT2D eigenvalue weighted by Crippen LogP contribution is -2.41. The average Bonchev–Trinajstić information content (AvgIpc) is 2.87. The van der Waals surface area contributed by atoms with Crippen molar-refractivity contribution in [1.82, 2.24) is 0 Å². The van der Waals surface area contributed by atoms with Crippen molar-refractivity contribution in [2.24, 2.45) is 0 Å². The van der Waals surface area contributed by atoms with Crippen molar-refractivity contribution in [3.05, 3.63) is 82.4 Å². The van der Waals surface area contributed by atoms with Gasteiger partial charge in [-0.05, 0) is 99.8 Å². The predicted octanol–water partition coefficient (Wildman–Crippen LogP) is 6.59. The number of rotatable bonds is 8. The van der Waals surface area contributed by atoms with Crippen LogP contribution in [0.4, 0.5) is 11.4 Å². The lowest BCUT2D eigenvalue weighted by molar-refractivity contribution is -0.152. The highest BCUT2D eigenvalue weighted by Crippen LogP contribution is 2.44. The molecule has 7 nitrogen and oxygen atoms in total. The number of likely N-dealkylation sites (N-methyl/N-ethyl adjacent to an activating group) is 1. The Bertz CT molecular complexity index is 1360. The van der Waals surface area contributed by atoms with Gasteiger partial charge in [0.15, 0.2) is 11.5 Å². The molecular weight excluding hydrogens is 528 g/mol. The maximum Gasteiger partial charge on any atom is 0.326 e. The Hall–Kier alpha value is -3.71. The van der Waals surface area contributed by atoms with Crippen LogP contribution in [-0.2, 0) is 20.7 Å². The van der Waals surface area contributed by atoms with Gasteiger partial charge in [0.2, 0.25) is 5.91 Å². The fraction of sp³-hybridized carbons (Fsp3) is 0.375. The maximum absolute atomic E-state index is 13.7. The van der Waals surface area contributed by atoms with Crippen molar-refractivity contribution in [2.75, 3.05) is 30.5 Å². The highest BCUT2D eigenvalue weighted by atomic mass is 35.5. The minimum Gasteiger partial charge on any atom is -0.493 e. The van der Waals surface area contributed by atoms with E-state index >= 15 is 0 Å². The number of nitrogens with zero attached hydrogens (tertiary/aromatic N) is 2. The van der Waals surface area contributed by atoms with Gasteiger partial charge in [0, 0.05) is 23.4 Å². The summed E-state index contributed by atoms with van der Waals surface area (Å²) in [5.41, 5.74) is 3.80. The van der Waals surface area contributed by atoms with E-state index in [4.69, 9.17) is 25.8 Å². The van der Waals surface area contributed by atoms with Crippen LogP contribution in [0.25, 0.3) is 0 Å². The van der Waals surface area contributed by atoms with Gasteiger partial charge in [-0.25, -0.2) is 0 Å². The van der Waals surface area contributed by atoms with Crippen LogP contribution in [0.3, 0.4) is 0 Å². The smallest absolute Gasteiger partial charge is 0.326 e. The van der Waals surface area contributed by atoms with E-state index in [1.54, 1.807) is 7.11 Å². The summed E-state index contributed by atoms with van der Waals surface area (Å²) < 4.78 is 17.1. The number of amides is 1. The molecule has 0 aliphatic carbocycles. The first kappa shape index (κ1) is 29.3. The predicted molar refractivity (Wildman–Crippen MR) is 159 cm³/mol. The Morgan fingerprint density at radius 3 is 2.27 bits per heavy atom. The number of hydrogen-bond donors (Lipinski definition) is 0. The number of halogens is 1. The Kier molecular flexibility index (Phi) is 8.64. The molecule has 0 saturated heterocycles. The number of carbonyl (C=O) groups is 2. The number of ether oxygens (including phenoxy) is 3. The summed E-state index contributed by atoms with van der Waals surface area (Å²) in [6.45, 7) is 9.58. The number of methoxy groups -OCH3 is 1. The lowest BCUT2D eigenvalue weighted by atomic mass is 9.86. The van der Waals surface area contributed by atoms with Crippen LogP contribution in [-0.4, -0.2) is 44.3 Å². The SMILES string of the molecule is COc1cc2c(cc1OC(C)C)[C@H](c1ccc(Cl)cc1)N(c1ccc(N(C)CC(=O)OC(C)(C)C)cc1)C(=O)C2. The van der Waals surface area contributed by atoms with Gasteiger partial charge in [-0.2, -0.15) is 0 Å². The molecule has 3 aromatic carbocycles. The number of anilines is 2. The Balaban J connectivity index is 1.73. The largest absolute Gasteiger partial charge is 0.493 e. The number of carbonyl (C=O) groups excluding carboxylic acids is 2. The molecule has 1 heterocycles. The highest BCUT2D eigenvalue weighted by molar-refractivity contribution is 6.30. The molecule has 8 heteroatoms. The highest BCUT2D eigenvalue weighted by Gasteiger charge is 2.36. The molecule has 1 aliphatic rings. The first-order chi connectivity index (χ1) is 18.9. The molecule has 4 rings (SSSR count). The topological polar surface area (TPSA) is 68.3 Å². The van der Waals surface area contributed by atoms with Gasteiger partial charge in [0.25, 0.3) is 0 Å². The first-order valence-electron chi connectivity index (χ1n) is 13.3. The standard InChI is InChI=1S/C32H37ClN2O5/c1-20(2)39-28-18-26-22(16-27(28)38-7)17-29(36)35(31(26)21-8-10-23(33)11-9-21)25-14-12-24(13-15-25)34(6)19-30(37)40-32(3,4)5/h8-16,18,20,31H,17,19H2,1-7H3/t31-/m0/s1. The van der Waals surface area contributed by atoms with Crippen molar-refractivity contribution >= 4 is 34.9 Å². The van der Waals surface area contributed by atoms with Gasteiger partial charge < -0.3 is 24.0 Å². The molecular formula is C32H37ClN2O5. The minimum absolute atomic E-state index is 0.0399. The van der Waals surface area contributed by atoms with Crippen molar-refractivity contribution in [1.29, 1.82) is 0 Å². The van der Waals surface area contributed by atoms with Crippen LogP contribution in [0, 0.1) is 0 Å². The van der Waals surface area contributed by atoms with Gasteiger partial charge in [0.1, 0.15) is 12.1 Å². The van der Waals surface area contributed by atoms with Crippen LogP contribution < -0.4 is 19.3 Å². The van der Waals surface area contributed by atoms with E-state index in [1.165, 1.54) is 0 Å². The Labute approximate surface area is 241 Å². The number of esters is 1. The zero-order chi connectivity index (χ0) is 29.2. The van der Waals surface area contributed by atoms with Crippen molar-refractivity contribution < 1.29 is 23.8 Å². The molecule has 1 amide bonds. The first-order valence-corrected chi connectivity index (χ1v) is 13.7. The second-order valence-electron chi connectivity index (χ2n) is 11.2.